The fraction of sp³-hybridized carbons (Fsp3) is 0.188. The van der Waals surface area contributed by atoms with Crippen LogP contribution in [-0.4, -0.2) is 23.3 Å². The van der Waals surface area contributed by atoms with Gasteiger partial charge in [-0.05, 0) is 42.5 Å². The number of nitrogens with one attached hydrogen (secondary N) is 1. The molecular weight excluding hydrogens is 270 g/mol. The van der Waals surface area contributed by atoms with E-state index in [2.05, 4.69) is 17.4 Å². The van der Waals surface area contributed by atoms with Crippen LogP contribution in [0, 0.1) is 0 Å². The van der Waals surface area contributed by atoms with Gasteiger partial charge in [0.15, 0.2) is 0 Å². The molecule has 4 heteroatoms. The minimum atomic E-state index is -0.148. The van der Waals surface area contributed by atoms with Gasteiger partial charge in [0.25, 0.3) is 5.91 Å². The van der Waals surface area contributed by atoms with Crippen molar-refractivity contribution in [3.05, 3.63) is 60.2 Å². The van der Waals surface area contributed by atoms with Crippen LogP contribution in [0.1, 0.15) is 16.8 Å². The largest absolute Gasteiger partial charge is 0.508 e. The predicted molar refractivity (Wildman–Crippen MR) is 82.2 cm³/mol. The number of phenols is 1. The molecule has 2 N–H and O–H groups in total. The number of carbonyl (C=O) groups is 1. The van der Waals surface area contributed by atoms with Crippen LogP contribution in [0.2, 0.25) is 0 Å². The van der Waals surface area contributed by atoms with Crippen molar-refractivity contribution in [2.45, 2.75) is 11.3 Å². The Morgan fingerprint density at radius 1 is 1.10 bits per heavy atom. The molecule has 0 aliphatic heterocycles. The van der Waals surface area contributed by atoms with Crippen LogP contribution in [0.3, 0.4) is 0 Å². The van der Waals surface area contributed by atoms with Crippen molar-refractivity contribution in [2.24, 2.45) is 0 Å². The number of hydrogen-bond acceptors (Lipinski definition) is 3. The molecule has 2 aromatic carbocycles. The standard InChI is InChI=1S/C16H17NO2S/c18-14-7-4-6-13(12-14)16(19)17-10-5-11-20-15-8-2-1-3-9-15/h1-4,6-9,12,18H,5,10-11H2,(H,17,19). The van der Waals surface area contributed by atoms with Gasteiger partial charge >= 0.3 is 0 Å². The average Bonchev–Trinajstić information content (AvgIpc) is 2.48. The van der Waals surface area contributed by atoms with Crippen LogP contribution < -0.4 is 5.32 Å². The highest BCUT2D eigenvalue weighted by atomic mass is 32.2. The third kappa shape index (κ3) is 4.63. The molecule has 0 spiro atoms. The van der Waals surface area contributed by atoms with E-state index >= 15 is 0 Å². The van der Waals surface area contributed by atoms with E-state index in [9.17, 15) is 9.90 Å². The number of amides is 1. The Morgan fingerprint density at radius 3 is 2.65 bits per heavy atom. The summed E-state index contributed by atoms with van der Waals surface area (Å²) in [5.74, 6) is 0.924. The first-order chi connectivity index (χ1) is 9.75. The van der Waals surface area contributed by atoms with Crippen molar-refractivity contribution < 1.29 is 9.90 Å². The monoisotopic (exact) mass is 287 g/mol. The lowest BCUT2D eigenvalue weighted by atomic mass is 10.2. The highest BCUT2D eigenvalue weighted by Crippen LogP contribution is 2.17. The van der Waals surface area contributed by atoms with Crippen molar-refractivity contribution in [1.29, 1.82) is 0 Å². The van der Waals surface area contributed by atoms with Crippen molar-refractivity contribution in [1.82, 2.24) is 5.32 Å². The Morgan fingerprint density at radius 2 is 1.90 bits per heavy atom. The maximum Gasteiger partial charge on any atom is 0.251 e. The molecule has 2 rings (SSSR count). The molecule has 0 saturated carbocycles. The Kier molecular flexibility index (Phi) is 5.50. The van der Waals surface area contributed by atoms with Gasteiger partial charge in [-0.25, -0.2) is 0 Å². The third-order valence-electron chi connectivity index (χ3n) is 2.73. The SMILES string of the molecule is O=C(NCCCSc1ccccc1)c1cccc(O)c1. The normalized spacial score (nSPS) is 10.2. The molecule has 0 heterocycles. The molecule has 0 atom stereocenters. The van der Waals surface area contributed by atoms with E-state index in [4.69, 9.17) is 0 Å². The molecule has 2 aromatic rings. The van der Waals surface area contributed by atoms with Gasteiger partial charge in [-0.3, -0.25) is 4.79 Å². The third-order valence-corrected chi connectivity index (χ3v) is 3.83. The lowest BCUT2D eigenvalue weighted by Gasteiger charge is -2.05. The Balaban J connectivity index is 1.67. The smallest absolute Gasteiger partial charge is 0.251 e. The number of thioether (sulfide) groups is 1. The molecule has 0 aliphatic carbocycles. The van der Waals surface area contributed by atoms with E-state index in [1.54, 1.807) is 30.0 Å². The first kappa shape index (κ1) is 14.5. The number of phenolic OH excluding ortho intramolecular Hbond substituents is 1. The second-order valence-corrected chi connectivity index (χ2v) is 5.49. The number of aromatic hydroxyl groups is 1. The summed E-state index contributed by atoms with van der Waals surface area (Å²) < 4.78 is 0. The fourth-order valence-electron chi connectivity index (χ4n) is 1.73. The van der Waals surface area contributed by atoms with Crippen LogP contribution in [0.4, 0.5) is 0 Å². The molecule has 0 bridgehead atoms. The summed E-state index contributed by atoms with van der Waals surface area (Å²) >= 11 is 1.78. The lowest BCUT2D eigenvalue weighted by Crippen LogP contribution is -2.24. The number of hydrogen-bond donors (Lipinski definition) is 2. The molecule has 0 aromatic heterocycles. The average molecular weight is 287 g/mol. The molecular formula is C16H17NO2S. The zero-order chi connectivity index (χ0) is 14.2. The maximum absolute atomic E-state index is 11.8. The van der Waals surface area contributed by atoms with Gasteiger partial charge in [0.05, 0.1) is 0 Å². The van der Waals surface area contributed by atoms with Crippen molar-refractivity contribution >= 4 is 17.7 Å². The molecule has 0 unspecified atom stereocenters. The minimum Gasteiger partial charge on any atom is -0.508 e. The number of carbonyl (C=O) groups excluding carboxylic acids is 1. The summed E-state index contributed by atoms with van der Waals surface area (Å²) in [7, 11) is 0. The quantitative estimate of drug-likeness (QED) is 0.633. The second-order valence-electron chi connectivity index (χ2n) is 4.32. The lowest BCUT2D eigenvalue weighted by molar-refractivity contribution is 0.0953. The molecule has 104 valence electrons. The predicted octanol–water partition coefficient (Wildman–Crippen LogP) is 3.30. The van der Waals surface area contributed by atoms with Gasteiger partial charge in [0.1, 0.15) is 5.75 Å². The van der Waals surface area contributed by atoms with Gasteiger partial charge in [-0.1, -0.05) is 24.3 Å². The highest BCUT2D eigenvalue weighted by molar-refractivity contribution is 7.99. The number of rotatable bonds is 6. The summed E-state index contributed by atoms with van der Waals surface area (Å²) in [6.45, 7) is 0.633. The zero-order valence-corrected chi connectivity index (χ0v) is 11.9. The number of benzene rings is 2. The summed E-state index contributed by atoms with van der Waals surface area (Å²) in [6, 6.07) is 16.6. The van der Waals surface area contributed by atoms with E-state index in [-0.39, 0.29) is 11.7 Å². The van der Waals surface area contributed by atoms with Gasteiger partial charge in [0, 0.05) is 17.0 Å². The van der Waals surface area contributed by atoms with Crippen LogP contribution in [0.15, 0.2) is 59.5 Å². The van der Waals surface area contributed by atoms with Crippen LogP contribution in [0.5, 0.6) is 5.75 Å². The van der Waals surface area contributed by atoms with Gasteiger partial charge < -0.3 is 10.4 Å². The van der Waals surface area contributed by atoms with Crippen molar-refractivity contribution in [2.75, 3.05) is 12.3 Å². The van der Waals surface area contributed by atoms with Gasteiger partial charge in [-0.2, -0.15) is 0 Å². The van der Waals surface area contributed by atoms with Crippen LogP contribution in [0.25, 0.3) is 0 Å². The second kappa shape index (κ2) is 7.60. The zero-order valence-electron chi connectivity index (χ0n) is 11.1. The van der Waals surface area contributed by atoms with Crippen molar-refractivity contribution in [3.8, 4) is 5.75 Å². The molecule has 0 radical (unpaired) electrons. The topological polar surface area (TPSA) is 49.3 Å². The first-order valence-corrected chi connectivity index (χ1v) is 7.49. The Hall–Kier alpha value is -1.94. The van der Waals surface area contributed by atoms with Crippen molar-refractivity contribution in [3.63, 3.8) is 0 Å². The minimum absolute atomic E-state index is 0.109. The highest BCUT2D eigenvalue weighted by Gasteiger charge is 2.04. The Bertz CT molecular complexity index is 557. The van der Waals surface area contributed by atoms with Crippen LogP contribution in [-0.2, 0) is 0 Å². The molecule has 0 aliphatic rings. The molecule has 0 saturated heterocycles. The molecule has 0 fully saturated rings. The van der Waals surface area contributed by atoms with Gasteiger partial charge in [-0.15, -0.1) is 11.8 Å². The first-order valence-electron chi connectivity index (χ1n) is 6.51. The Labute approximate surface area is 123 Å². The van der Waals surface area contributed by atoms with Gasteiger partial charge in [0.2, 0.25) is 0 Å². The summed E-state index contributed by atoms with van der Waals surface area (Å²) in [5, 5.41) is 12.2. The summed E-state index contributed by atoms with van der Waals surface area (Å²) in [5.41, 5.74) is 0.487. The van der Waals surface area contributed by atoms with E-state index in [0.29, 0.717) is 12.1 Å². The molecule has 3 nitrogen and oxygen atoms in total. The summed E-state index contributed by atoms with van der Waals surface area (Å²) in [6.07, 6.45) is 0.907. The molecule has 1 amide bonds. The summed E-state index contributed by atoms with van der Waals surface area (Å²) in [4.78, 5) is 13.0. The van der Waals surface area contributed by atoms with E-state index < -0.39 is 0 Å². The van der Waals surface area contributed by atoms with Crippen LogP contribution >= 0.6 is 11.8 Å². The van der Waals surface area contributed by atoms with E-state index in [0.717, 1.165) is 12.2 Å². The maximum atomic E-state index is 11.8. The molecule has 20 heavy (non-hydrogen) atoms. The van der Waals surface area contributed by atoms with E-state index in [1.807, 2.05) is 18.2 Å². The fourth-order valence-corrected chi connectivity index (χ4v) is 2.60. The van der Waals surface area contributed by atoms with E-state index in [1.165, 1.54) is 11.0 Å².